The fraction of sp³-hybridized carbons (Fsp3) is 0.364. The van der Waals surface area contributed by atoms with Crippen LogP contribution in [0.25, 0.3) is 0 Å². The molecule has 0 saturated carbocycles. The summed E-state index contributed by atoms with van der Waals surface area (Å²) >= 11 is 0. The van der Waals surface area contributed by atoms with Gasteiger partial charge in [-0.3, -0.25) is 4.79 Å². The quantitative estimate of drug-likeness (QED) is 0.797. The van der Waals surface area contributed by atoms with Crippen LogP contribution in [0.3, 0.4) is 0 Å². The van der Waals surface area contributed by atoms with Crippen LogP contribution in [0.5, 0.6) is 0 Å². The molecule has 1 aromatic rings. The summed E-state index contributed by atoms with van der Waals surface area (Å²) in [6.45, 7) is 0.147. The van der Waals surface area contributed by atoms with E-state index in [1.165, 1.54) is 12.1 Å². The Morgan fingerprint density at radius 3 is 2.65 bits per heavy atom. The van der Waals surface area contributed by atoms with Crippen molar-refractivity contribution >= 4 is 5.91 Å². The number of nitrogens with one attached hydrogen (secondary N) is 1. The molecule has 0 aliphatic carbocycles. The summed E-state index contributed by atoms with van der Waals surface area (Å²) in [5, 5.41) is 10.9. The van der Waals surface area contributed by atoms with Crippen molar-refractivity contribution in [2.24, 2.45) is 0 Å². The van der Waals surface area contributed by atoms with Gasteiger partial charge in [-0.25, -0.2) is 0 Å². The van der Waals surface area contributed by atoms with E-state index in [9.17, 15) is 18.0 Å². The third kappa shape index (κ3) is 4.07. The maximum Gasteiger partial charge on any atom is 0.416 e. The second-order valence-electron chi connectivity index (χ2n) is 3.41. The Labute approximate surface area is 96.3 Å². The van der Waals surface area contributed by atoms with Crippen molar-refractivity contribution in [3.63, 3.8) is 0 Å². The van der Waals surface area contributed by atoms with E-state index in [-0.39, 0.29) is 18.7 Å². The molecule has 0 aliphatic rings. The minimum absolute atomic E-state index is 0.0437. The van der Waals surface area contributed by atoms with Crippen LogP contribution in [0.1, 0.15) is 22.3 Å². The van der Waals surface area contributed by atoms with Crippen molar-refractivity contribution in [2.45, 2.75) is 12.6 Å². The number of hydrogen-bond acceptors (Lipinski definition) is 2. The molecule has 1 aromatic carbocycles. The number of carbonyl (C=O) groups excluding carboxylic acids is 1. The number of alkyl halides is 3. The molecule has 0 aliphatic heterocycles. The largest absolute Gasteiger partial charge is 0.416 e. The van der Waals surface area contributed by atoms with Gasteiger partial charge in [0.15, 0.2) is 0 Å². The van der Waals surface area contributed by atoms with Crippen molar-refractivity contribution in [1.29, 1.82) is 0 Å². The van der Waals surface area contributed by atoms with Crippen molar-refractivity contribution in [3.8, 4) is 0 Å². The van der Waals surface area contributed by atoms with Gasteiger partial charge in [0.25, 0.3) is 5.91 Å². The number of aliphatic hydroxyl groups excluding tert-OH is 1. The predicted molar refractivity (Wildman–Crippen MR) is 55.5 cm³/mol. The van der Waals surface area contributed by atoms with Crippen molar-refractivity contribution in [3.05, 3.63) is 35.4 Å². The number of carbonyl (C=O) groups is 1. The normalized spacial score (nSPS) is 11.3. The molecule has 6 heteroatoms. The van der Waals surface area contributed by atoms with Crippen molar-refractivity contribution < 1.29 is 23.1 Å². The van der Waals surface area contributed by atoms with Gasteiger partial charge in [-0.1, -0.05) is 6.07 Å². The van der Waals surface area contributed by atoms with E-state index in [0.29, 0.717) is 6.42 Å². The van der Waals surface area contributed by atoms with E-state index in [2.05, 4.69) is 5.32 Å². The fourth-order valence-corrected chi connectivity index (χ4v) is 1.22. The van der Waals surface area contributed by atoms with Crippen molar-refractivity contribution in [1.82, 2.24) is 5.32 Å². The lowest BCUT2D eigenvalue weighted by Crippen LogP contribution is -2.25. The highest BCUT2D eigenvalue weighted by atomic mass is 19.4. The Bertz CT molecular complexity index is 391. The zero-order valence-corrected chi connectivity index (χ0v) is 8.92. The number of halogens is 3. The van der Waals surface area contributed by atoms with Gasteiger partial charge >= 0.3 is 6.18 Å². The second-order valence-corrected chi connectivity index (χ2v) is 3.41. The van der Waals surface area contributed by atoms with Gasteiger partial charge in [-0.15, -0.1) is 0 Å². The summed E-state index contributed by atoms with van der Waals surface area (Å²) in [6.07, 6.45) is -4.09. The zero-order chi connectivity index (χ0) is 12.9. The van der Waals surface area contributed by atoms with Gasteiger partial charge in [0.05, 0.1) is 5.56 Å². The molecular formula is C11H12F3NO2. The predicted octanol–water partition coefficient (Wildman–Crippen LogP) is 1.82. The maximum atomic E-state index is 12.4. The average Bonchev–Trinajstić information content (AvgIpc) is 2.28. The first-order valence-corrected chi connectivity index (χ1v) is 5.01. The molecular weight excluding hydrogens is 235 g/mol. The van der Waals surface area contributed by atoms with Gasteiger partial charge in [0.2, 0.25) is 0 Å². The second kappa shape index (κ2) is 5.67. The molecule has 2 N–H and O–H groups in total. The van der Waals surface area contributed by atoms with Gasteiger partial charge in [-0.05, 0) is 24.6 Å². The van der Waals surface area contributed by atoms with E-state index in [1.54, 1.807) is 0 Å². The number of benzene rings is 1. The first-order valence-electron chi connectivity index (χ1n) is 5.01. The Hall–Kier alpha value is -1.56. The first kappa shape index (κ1) is 13.5. The SMILES string of the molecule is O=C(NCCCO)c1cccc(C(F)(F)F)c1. The zero-order valence-electron chi connectivity index (χ0n) is 8.92. The molecule has 0 spiro atoms. The average molecular weight is 247 g/mol. The molecule has 94 valence electrons. The standard InChI is InChI=1S/C11H12F3NO2/c12-11(13,14)9-4-1-3-8(7-9)10(17)15-5-2-6-16/h1,3-4,7,16H,2,5-6H2,(H,15,17). The summed E-state index contributed by atoms with van der Waals surface area (Å²) in [5.41, 5.74) is -0.898. The molecule has 0 saturated heterocycles. The molecule has 3 nitrogen and oxygen atoms in total. The van der Waals surface area contributed by atoms with Gasteiger partial charge in [0, 0.05) is 18.7 Å². The minimum atomic E-state index is -4.46. The van der Waals surface area contributed by atoms with E-state index in [1.807, 2.05) is 0 Å². The van der Waals surface area contributed by atoms with Crippen LogP contribution in [0, 0.1) is 0 Å². The monoisotopic (exact) mass is 247 g/mol. The van der Waals surface area contributed by atoms with Crippen LogP contribution in [-0.2, 0) is 6.18 Å². The molecule has 0 aromatic heterocycles. The summed E-state index contributed by atoms with van der Waals surface area (Å²) in [4.78, 5) is 11.4. The number of aliphatic hydroxyl groups is 1. The molecule has 0 radical (unpaired) electrons. The highest BCUT2D eigenvalue weighted by Crippen LogP contribution is 2.29. The molecule has 0 bridgehead atoms. The summed E-state index contributed by atoms with van der Waals surface area (Å²) < 4.78 is 37.1. The number of rotatable bonds is 4. The van der Waals surface area contributed by atoms with E-state index in [4.69, 9.17) is 5.11 Å². The van der Waals surface area contributed by atoms with Gasteiger partial charge in [-0.2, -0.15) is 13.2 Å². The molecule has 0 unspecified atom stereocenters. The smallest absolute Gasteiger partial charge is 0.396 e. The van der Waals surface area contributed by atoms with Gasteiger partial charge < -0.3 is 10.4 Å². The highest BCUT2D eigenvalue weighted by Gasteiger charge is 2.30. The van der Waals surface area contributed by atoms with E-state index in [0.717, 1.165) is 12.1 Å². The molecule has 0 atom stereocenters. The maximum absolute atomic E-state index is 12.4. The summed E-state index contributed by atoms with van der Waals surface area (Å²) in [7, 11) is 0. The Morgan fingerprint density at radius 1 is 1.35 bits per heavy atom. The molecule has 0 fully saturated rings. The molecule has 0 heterocycles. The van der Waals surface area contributed by atoms with Crippen LogP contribution in [0.4, 0.5) is 13.2 Å². The third-order valence-electron chi connectivity index (χ3n) is 2.07. The molecule has 1 amide bonds. The van der Waals surface area contributed by atoms with Crippen molar-refractivity contribution in [2.75, 3.05) is 13.2 Å². The lowest BCUT2D eigenvalue weighted by molar-refractivity contribution is -0.137. The molecule has 17 heavy (non-hydrogen) atoms. The lowest BCUT2D eigenvalue weighted by Gasteiger charge is -2.08. The van der Waals surface area contributed by atoms with Crippen LogP contribution in [0.2, 0.25) is 0 Å². The topological polar surface area (TPSA) is 49.3 Å². The summed E-state index contributed by atoms with van der Waals surface area (Å²) in [6, 6.07) is 4.20. The van der Waals surface area contributed by atoms with E-state index >= 15 is 0 Å². The first-order chi connectivity index (χ1) is 7.95. The van der Waals surface area contributed by atoms with Crippen LogP contribution >= 0.6 is 0 Å². The van der Waals surface area contributed by atoms with E-state index < -0.39 is 17.6 Å². The Balaban J connectivity index is 2.74. The van der Waals surface area contributed by atoms with Crippen LogP contribution < -0.4 is 5.32 Å². The number of hydrogen-bond donors (Lipinski definition) is 2. The summed E-state index contributed by atoms with van der Waals surface area (Å²) in [5.74, 6) is -0.579. The third-order valence-corrected chi connectivity index (χ3v) is 2.07. The highest BCUT2D eigenvalue weighted by molar-refractivity contribution is 5.94. The van der Waals surface area contributed by atoms with Crippen LogP contribution in [-0.4, -0.2) is 24.2 Å². The minimum Gasteiger partial charge on any atom is -0.396 e. The number of amides is 1. The Kier molecular flexibility index (Phi) is 4.51. The van der Waals surface area contributed by atoms with Crippen LogP contribution in [0.15, 0.2) is 24.3 Å². The van der Waals surface area contributed by atoms with Gasteiger partial charge in [0.1, 0.15) is 0 Å². The lowest BCUT2D eigenvalue weighted by atomic mass is 10.1. The molecule has 1 rings (SSSR count). The Morgan fingerprint density at radius 2 is 2.06 bits per heavy atom. The fourth-order valence-electron chi connectivity index (χ4n) is 1.22.